The van der Waals surface area contributed by atoms with E-state index in [-0.39, 0.29) is 6.42 Å². The number of hydrogen-bond acceptors (Lipinski definition) is 2. The van der Waals surface area contributed by atoms with Crippen LogP contribution in [0.3, 0.4) is 0 Å². The molecule has 2 rings (SSSR count). The lowest BCUT2D eigenvalue weighted by Crippen LogP contribution is -2.26. The Hall–Kier alpha value is -2.29. The zero-order valence-corrected chi connectivity index (χ0v) is 13.5. The fraction of sp³-hybridized carbons (Fsp3) is 0.316. The van der Waals surface area contributed by atoms with E-state index in [0.29, 0.717) is 6.54 Å². The van der Waals surface area contributed by atoms with Gasteiger partial charge in [-0.1, -0.05) is 42.0 Å². The van der Waals surface area contributed by atoms with E-state index in [1.807, 2.05) is 0 Å². The first-order valence-electron chi connectivity index (χ1n) is 7.55. The van der Waals surface area contributed by atoms with Crippen molar-refractivity contribution in [2.75, 3.05) is 11.4 Å². The quantitative estimate of drug-likeness (QED) is 0.873. The van der Waals surface area contributed by atoms with Crippen molar-refractivity contribution in [3.05, 3.63) is 64.7 Å². The number of carboxylic acid groups (broad SMARTS) is 1. The molecule has 0 aliphatic heterocycles. The third-order valence-electron chi connectivity index (χ3n) is 3.79. The lowest BCUT2D eigenvalue weighted by atomic mass is 10.1. The molecule has 0 spiro atoms. The van der Waals surface area contributed by atoms with E-state index in [1.54, 1.807) is 0 Å². The summed E-state index contributed by atoms with van der Waals surface area (Å²) in [6.07, 6.45) is 0.138. The molecule has 0 aliphatic carbocycles. The van der Waals surface area contributed by atoms with E-state index in [9.17, 15) is 4.79 Å². The average molecular weight is 297 g/mol. The van der Waals surface area contributed by atoms with Gasteiger partial charge in [-0.05, 0) is 43.5 Å². The van der Waals surface area contributed by atoms with Crippen molar-refractivity contribution in [1.29, 1.82) is 0 Å². The van der Waals surface area contributed by atoms with E-state index in [4.69, 9.17) is 5.11 Å². The zero-order valence-electron chi connectivity index (χ0n) is 13.5. The monoisotopic (exact) mass is 297 g/mol. The molecule has 0 unspecified atom stereocenters. The number of hydrogen-bond donors (Lipinski definition) is 1. The van der Waals surface area contributed by atoms with Crippen LogP contribution in [0.15, 0.2) is 42.5 Å². The predicted molar refractivity (Wildman–Crippen MR) is 90.4 cm³/mol. The molecule has 0 fully saturated rings. The maximum absolute atomic E-state index is 11.0. The summed E-state index contributed by atoms with van der Waals surface area (Å²) in [4.78, 5) is 13.1. The summed E-state index contributed by atoms with van der Waals surface area (Å²) in [5, 5.41) is 9.01. The second-order valence-electron chi connectivity index (χ2n) is 5.84. The molecule has 0 bridgehead atoms. The second kappa shape index (κ2) is 7.12. The van der Waals surface area contributed by atoms with Gasteiger partial charge in [0.1, 0.15) is 0 Å². The minimum Gasteiger partial charge on any atom is -0.481 e. The van der Waals surface area contributed by atoms with E-state index in [1.165, 1.54) is 22.3 Å². The standard InChI is InChI=1S/C19H23NO2/c1-14-5-8-17(9-6-14)13-20(11-10-19(21)22)18-12-15(2)4-7-16(18)3/h4-9,12H,10-11,13H2,1-3H3,(H,21,22). The van der Waals surface area contributed by atoms with Crippen LogP contribution >= 0.6 is 0 Å². The van der Waals surface area contributed by atoms with Crippen molar-refractivity contribution < 1.29 is 9.90 Å². The highest BCUT2D eigenvalue weighted by Crippen LogP contribution is 2.24. The highest BCUT2D eigenvalue weighted by molar-refractivity contribution is 5.68. The summed E-state index contributed by atoms with van der Waals surface area (Å²) < 4.78 is 0. The van der Waals surface area contributed by atoms with Gasteiger partial charge < -0.3 is 10.0 Å². The Morgan fingerprint density at radius 3 is 2.27 bits per heavy atom. The molecule has 2 aromatic carbocycles. The highest BCUT2D eigenvalue weighted by atomic mass is 16.4. The molecule has 1 N–H and O–H groups in total. The van der Waals surface area contributed by atoms with Gasteiger partial charge in [-0.15, -0.1) is 0 Å². The largest absolute Gasteiger partial charge is 0.481 e. The Bertz CT molecular complexity index is 647. The predicted octanol–water partition coefficient (Wildman–Crippen LogP) is 4.09. The Kier molecular flexibility index (Phi) is 5.21. The summed E-state index contributed by atoms with van der Waals surface area (Å²) in [7, 11) is 0. The molecule has 0 amide bonds. The number of anilines is 1. The van der Waals surface area contributed by atoms with Crippen molar-refractivity contribution in [1.82, 2.24) is 0 Å². The van der Waals surface area contributed by atoms with E-state index in [0.717, 1.165) is 12.2 Å². The number of rotatable bonds is 6. The van der Waals surface area contributed by atoms with Crippen molar-refractivity contribution in [3.8, 4) is 0 Å². The van der Waals surface area contributed by atoms with Gasteiger partial charge in [-0.25, -0.2) is 0 Å². The zero-order chi connectivity index (χ0) is 16.1. The van der Waals surface area contributed by atoms with Crippen molar-refractivity contribution in [2.45, 2.75) is 33.7 Å². The van der Waals surface area contributed by atoms with Crippen LogP contribution in [0.4, 0.5) is 5.69 Å². The number of nitrogens with zero attached hydrogens (tertiary/aromatic N) is 1. The van der Waals surface area contributed by atoms with Crippen LogP contribution in [0.1, 0.15) is 28.7 Å². The first kappa shape index (κ1) is 16.1. The molecule has 3 nitrogen and oxygen atoms in total. The Morgan fingerprint density at radius 2 is 1.64 bits per heavy atom. The molecule has 0 atom stereocenters. The molecule has 3 heteroatoms. The maximum Gasteiger partial charge on any atom is 0.305 e. The molecule has 0 saturated carbocycles. The van der Waals surface area contributed by atoms with Gasteiger partial charge in [0.05, 0.1) is 6.42 Å². The highest BCUT2D eigenvalue weighted by Gasteiger charge is 2.12. The van der Waals surface area contributed by atoms with Crippen molar-refractivity contribution >= 4 is 11.7 Å². The second-order valence-corrected chi connectivity index (χ2v) is 5.84. The van der Waals surface area contributed by atoms with Gasteiger partial charge in [-0.2, -0.15) is 0 Å². The molecule has 0 aromatic heterocycles. The van der Waals surface area contributed by atoms with E-state index in [2.05, 4.69) is 68.1 Å². The number of benzene rings is 2. The van der Waals surface area contributed by atoms with Crippen LogP contribution in [-0.2, 0) is 11.3 Å². The summed E-state index contributed by atoms with van der Waals surface area (Å²) in [6, 6.07) is 14.7. The molecule has 0 radical (unpaired) electrons. The third kappa shape index (κ3) is 4.35. The fourth-order valence-electron chi connectivity index (χ4n) is 2.49. The summed E-state index contributed by atoms with van der Waals surface area (Å²) in [5.74, 6) is -0.765. The summed E-state index contributed by atoms with van der Waals surface area (Å²) in [6.45, 7) is 7.42. The number of aryl methyl sites for hydroxylation is 3. The average Bonchev–Trinajstić information content (AvgIpc) is 2.48. The van der Waals surface area contributed by atoms with Crippen LogP contribution in [0.2, 0.25) is 0 Å². The minimum atomic E-state index is -0.765. The number of aliphatic carboxylic acids is 1. The van der Waals surface area contributed by atoms with Crippen molar-refractivity contribution in [3.63, 3.8) is 0 Å². The van der Waals surface area contributed by atoms with Gasteiger partial charge in [0.25, 0.3) is 0 Å². The van der Waals surface area contributed by atoms with Gasteiger partial charge in [0.2, 0.25) is 0 Å². The molecule has 0 heterocycles. The Labute approximate surface area is 132 Å². The normalized spacial score (nSPS) is 10.5. The molecule has 22 heavy (non-hydrogen) atoms. The minimum absolute atomic E-state index is 0.138. The third-order valence-corrected chi connectivity index (χ3v) is 3.79. The molecular weight excluding hydrogens is 274 g/mol. The van der Waals surface area contributed by atoms with Gasteiger partial charge in [-0.3, -0.25) is 4.79 Å². The van der Waals surface area contributed by atoms with Gasteiger partial charge >= 0.3 is 5.97 Å². The lowest BCUT2D eigenvalue weighted by molar-refractivity contribution is -0.136. The van der Waals surface area contributed by atoms with Gasteiger partial charge in [0, 0.05) is 18.8 Å². The van der Waals surface area contributed by atoms with Crippen LogP contribution < -0.4 is 4.90 Å². The number of carbonyl (C=O) groups is 1. The Balaban J connectivity index is 2.27. The lowest BCUT2D eigenvalue weighted by Gasteiger charge is -2.26. The van der Waals surface area contributed by atoms with Crippen LogP contribution in [0, 0.1) is 20.8 Å². The van der Waals surface area contributed by atoms with E-state index < -0.39 is 5.97 Å². The topological polar surface area (TPSA) is 40.5 Å². The molecule has 2 aromatic rings. The SMILES string of the molecule is Cc1ccc(CN(CCC(=O)O)c2cc(C)ccc2C)cc1. The Morgan fingerprint density at radius 1 is 1.00 bits per heavy atom. The van der Waals surface area contributed by atoms with Crippen molar-refractivity contribution in [2.24, 2.45) is 0 Å². The van der Waals surface area contributed by atoms with E-state index >= 15 is 0 Å². The molecule has 116 valence electrons. The van der Waals surface area contributed by atoms with Crippen LogP contribution in [-0.4, -0.2) is 17.6 Å². The molecule has 0 saturated heterocycles. The maximum atomic E-state index is 11.0. The first-order chi connectivity index (χ1) is 10.5. The number of carboxylic acids is 1. The van der Waals surface area contributed by atoms with Gasteiger partial charge in [0.15, 0.2) is 0 Å². The summed E-state index contributed by atoms with van der Waals surface area (Å²) >= 11 is 0. The fourth-order valence-corrected chi connectivity index (χ4v) is 2.49. The van der Waals surface area contributed by atoms with Crippen LogP contribution in [0.5, 0.6) is 0 Å². The molecular formula is C19H23NO2. The molecule has 0 aliphatic rings. The smallest absolute Gasteiger partial charge is 0.305 e. The summed E-state index contributed by atoms with van der Waals surface area (Å²) in [5.41, 5.74) is 5.89. The van der Waals surface area contributed by atoms with Crippen LogP contribution in [0.25, 0.3) is 0 Å². The first-order valence-corrected chi connectivity index (χ1v) is 7.55.